The third-order valence-corrected chi connectivity index (χ3v) is 3.97. The fourth-order valence-corrected chi connectivity index (χ4v) is 3.24. The van der Waals surface area contributed by atoms with Gasteiger partial charge in [-0.15, -0.1) is 34.0 Å². The first kappa shape index (κ1) is 16.9. The van der Waals surface area contributed by atoms with E-state index in [1.54, 1.807) is 0 Å². The first-order valence-corrected chi connectivity index (χ1v) is 6.37. The fourth-order valence-electron chi connectivity index (χ4n) is 3.24. The molecule has 0 amide bonds. The highest BCUT2D eigenvalue weighted by Gasteiger charge is 2.29. The fraction of sp³-hybridized carbons (Fsp3) is 1.00. The molecule has 1 saturated carbocycles. The van der Waals surface area contributed by atoms with E-state index in [2.05, 4.69) is 4.90 Å². The first-order valence-electron chi connectivity index (χ1n) is 6.37. The predicted molar refractivity (Wildman–Crippen MR) is 80.9 cm³/mol. The van der Waals surface area contributed by atoms with E-state index >= 15 is 0 Å². The highest BCUT2D eigenvalue weighted by Crippen LogP contribution is 2.30. The Morgan fingerprint density at radius 3 is 2.19 bits per heavy atom. The van der Waals surface area contributed by atoms with Gasteiger partial charge in [0, 0.05) is 12.1 Å². The minimum atomic E-state index is 0. The largest absolute Gasteiger partial charge is 0.330 e. The number of hydrogen-bond acceptors (Lipinski definition) is 2. The summed E-state index contributed by atoms with van der Waals surface area (Å²) in [4.78, 5) is 2.78. The van der Waals surface area contributed by atoms with Crippen LogP contribution in [0.3, 0.4) is 0 Å². The third kappa shape index (κ3) is 4.28. The lowest BCUT2D eigenvalue weighted by atomic mass is 9.96. The quantitative estimate of drug-likeness (QED) is 0.839. The summed E-state index contributed by atoms with van der Waals surface area (Å²) in [6.07, 6.45) is 11.3. The van der Waals surface area contributed by atoms with Crippen molar-refractivity contribution in [1.29, 1.82) is 0 Å². The van der Waals surface area contributed by atoms with E-state index in [-0.39, 0.29) is 34.0 Å². The van der Waals surface area contributed by atoms with Gasteiger partial charge in [0.05, 0.1) is 0 Å². The van der Waals surface area contributed by atoms with Crippen LogP contribution in [-0.2, 0) is 0 Å². The molecule has 1 saturated heterocycles. The molecule has 0 aromatic rings. The first-order chi connectivity index (χ1) is 6.92. The Labute approximate surface area is 121 Å². The van der Waals surface area contributed by atoms with Gasteiger partial charge < -0.3 is 5.73 Å². The van der Waals surface area contributed by atoms with Crippen LogP contribution in [0.4, 0.5) is 0 Å². The Kier molecular flexibility index (Phi) is 9.39. The van der Waals surface area contributed by atoms with Gasteiger partial charge in [0.2, 0.25) is 0 Å². The molecule has 0 bridgehead atoms. The van der Waals surface area contributed by atoms with Gasteiger partial charge >= 0.3 is 0 Å². The van der Waals surface area contributed by atoms with Crippen LogP contribution in [0.15, 0.2) is 0 Å². The van der Waals surface area contributed by atoms with Crippen LogP contribution >= 0.6 is 34.0 Å². The normalized spacial score (nSPS) is 27.2. The number of hydrogen-bond donors (Lipinski definition) is 1. The summed E-state index contributed by atoms with van der Waals surface area (Å²) >= 11 is 0. The summed E-state index contributed by atoms with van der Waals surface area (Å²) < 4.78 is 0. The molecule has 1 aliphatic carbocycles. The zero-order valence-electron chi connectivity index (χ0n) is 10.1. The number of nitrogens with two attached hydrogens (primary N) is 1. The van der Waals surface area contributed by atoms with Crippen LogP contribution in [0.25, 0.3) is 0 Å². The Morgan fingerprint density at radius 2 is 1.56 bits per heavy atom. The van der Waals surface area contributed by atoms with Crippen LogP contribution in [0, 0.1) is 0 Å². The summed E-state index contributed by atoms with van der Waals surface area (Å²) in [6.45, 7) is 2.21. The zero-order chi connectivity index (χ0) is 9.80. The van der Waals surface area contributed by atoms with Gasteiger partial charge in [-0.05, 0) is 45.2 Å². The molecule has 1 aliphatic heterocycles. The van der Waals surface area contributed by atoms with Gasteiger partial charge in [0.1, 0.15) is 0 Å². The standard InChI is InChI=1S/C12H24N2.2BrH/c13-9-8-12-7-3-4-10-14(12)11-5-1-2-6-11;;/h11-12H,1-10,13H2;2*1H. The van der Waals surface area contributed by atoms with Crippen molar-refractivity contribution in [3.8, 4) is 0 Å². The van der Waals surface area contributed by atoms with Crippen molar-refractivity contribution < 1.29 is 0 Å². The highest BCUT2D eigenvalue weighted by atomic mass is 79.9. The summed E-state index contributed by atoms with van der Waals surface area (Å²) in [5.74, 6) is 0. The van der Waals surface area contributed by atoms with Crippen molar-refractivity contribution in [2.45, 2.75) is 63.5 Å². The van der Waals surface area contributed by atoms with Crippen molar-refractivity contribution >= 4 is 34.0 Å². The van der Waals surface area contributed by atoms with E-state index in [9.17, 15) is 0 Å². The summed E-state index contributed by atoms with van der Waals surface area (Å²) in [7, 11) is 0. The molecule has 2 aliphatic rings. The average Bonchev–Trinajstić information content (AvgIpc) is 2.72. The number of rotatable bonds is 3. The Balaban J connectivity index is 0.00000112. The molecular formula is C12H26Br2N2. The molecule has 2 N–H and O–H groups in total. The molecule has 1 atom stereocenters. The monoisotopic (exact) mass is 356 g/mol. The lowest BCUT2D eigenvalue weighted by Crippen LogP contribution is -2.46. The number of nitrogens with zero attached hydrogens (tertiary/aromatic N) is 1. The minimum Gasteiger partial charge on any atom is -0.330 e. The number of halogens is 2. The molecule has 98 valence electrons. The Bertz CT molecular complexity index is 170. The van der Waals surface area contributed by atoms with Gasteiger partial charge in [-0.1, -0.05) is 19.3 Å². The average molecular weight is 358 g/mol. The molecule has 0 aromatic carbocycles. The summed E-state index contributed by atoms with van der Waals surface area (Å²) in [6, 6.07) is 1.73. The van der Waals surface area contributed by atoms with Gasteiger partial charge in [0.25, 0.3) is 0 Å². The molecule has 0 aromatic heterocycles. The SMILES string of the molecule is Br.Br.NCCC1CCCCN1C1CCCC1. The molecule has 1 heterocycles. The topological polar surface area (TPSA) is 29.3 Å². The van der Waals surface area contributed by atoms with Crippen LogP contribution in [0.1, 0.15) is 51.4 Å². The van der Waals surface area contributed by atoms with Gasteiger partial charge in [-0.25, -0.2) is 0 Å². The second-order valence-electron chi connectivity index (χ2n) is 4.90. The van der Waals surface area contributed by atoms with Crippen molar-refractivity contribution in [2.75, 3.05) is 13.1 Å². The van der Waals surface area contributed by atoms with Crippen LogP contribution < -0.4 is 5.73 Å². The molecule has 2 rings (SSSR count). The lowest BCUT2D eigenvalue weighted by molar-refractivity contribution is 0.0927. The maximum Gasteiger partial charge on any atom is 0.0110 e. The predicted octanol–water partition coefficient (Wildman–Crippen LogP) is 3.29. The van der Waals surface area contributed by atoms with E-state index < -0.39 is 0 Å². The highest BCUT2D eigenvalue weighted by molar-refractivity contribution is 8.93. The maximum atomic E-state index is 5.69. The van der Waals surface area contributed by atoms with Crippen molar-refractivity contribution in [2.24, 2.45) is 5.73 Å². The summed E-state index contributed by atoms with van der Waals surface area (Å²) in [5, 5.41) is 0. The van der Waals surface area contributed by atoms with E-state index in [1.165, 1.54) is 57.9 Å². The van der Waals surface area contributed by atoms with E-state index in [0.717, 1.165) is 18.6 Å². The van der Waals surface area contributed by atoms with Crippen molar-refractivity contribution in [3.63, 3.8) is 0 Å². The maximum absolute atomic E-state index is 5.69. The van der Waals surface area contributed by atoms with E-state index in [0.29, 0.717) is 0 Å². The molecule has 0 radical (unpaired) electrons. The van der Waals surface area contributed by atoms with Crippen molar-refractivity contribution in [1.82, 2.24) is 4.90 Å². The second kappa shape index (κ2) is 8.90. The Hall–Kier alpha value is 0.880. The molecule has 2 nitrogen and oxygen atoms in total. The van der Waals surface area contributed by atoms with Crippen molar-refractivity contribution in [3.05, 3.63) is 0 Å². The zero-order valence-corrected chi connectivity index (χ0v) is 13.5. The number of piperidine rings is 1. The smallest absolute Gasteiger partial charge is 0.0110 e. The van der Waals surface area contributed by atoms with Crippen LogP contribution in [-0.4, -0.2) is 30.1 Å². The lowest BCUT2D eigenvalue weighted by Gasteiger charge is -2.40. The second-order valence-corrected chi connectivity index (χ2v) is 4.90. The Morgan fingerprint density at radius 1 is 0.938 bits per heavy atom. The third-order valence-electron chi connectivity index (χ3n) is 3.97. The van der Waals surface area contributed by atoms with Gasteiger partial charge in [0.15, 0.2) is 0 Å². The van der Waals surface area contributed by atoms with Gasteiger partial charge in [-0.3, -0.25) is 4.90 Å². The van der Waals surface area contributed by atoms with E-state index in [4.69, 9.17) is 5.73 Å². The molecule has 4 heteroatoms. The molecule has 2 fully saturated rings. The summed E-state index contributed by atoms with van der Waals surface area (Å²) in [5.41, 5.74) is 5.69. The van der Waals surface area contributed by atoms with Gasteiger partial charge in [-0.2, -0.15) is 0 Å². The minimum absolute atomic E-state index is 0. The molecule has 1 unspecified atom stereocenters. The number of likely N-dealkylation sites (tertiary alicyclic amines) is 1. The molecule has 16 heavy (non-hydrogen) atoms. The molecular weight excluding hydrogens is 332 g/mol. The van der Waals surface area contributed by atoms with E-state index in [1.807, 2.05) is 0 Å². The van der Waals surface area contributed by atoms with Crippen LogP contribution in [0.5, 0.6) is 0 Å². The van der Waals surface area contributed by atoms with Crippen LogP contribution in [0.2, 0.25) is 0 Å². The molecule has 0 spiro atoms.